The summed E-state index contributed by atoms with van der Waals surface area (Å²) >= 11 is 0. The quantitative estimate of drug-likeness (QED) is 0.854. The average Bonchev–Trinajstić information content (AvgIpc) is 2.43. The number of hydrogen-bond donors (Lipinski definition) is 1. The topological polar surface area (TPSA) is 38.9 Å². The number of rotatable bonds is 6. The Kier molecular flexibility index (Phi) is 4.92. The highest BCUT2D eigenvalue weighted by molar-refractivity contribution is 5.82. The van der Waals surface area contributed by atoms with E-state index >= 15 is 0 Å². The molecule has 0 aliphatic carbocycles. The molecule has 0 aliphatic heterocycles. The molecule has 0 unspecified atom stereocenters. The average molecular weight is 256 g/mol. The summed E-state index contributed by atoms with van der Waals surface area (Å²) in [6, 6.07) is 8.90. The SMILES string of the molecule is CCCCc1ccc2nc(CCCN)cc(C)c2c1. The van der Waals surface area contributed by atoms with Gasteiger partial charge in [-0.05, 0) is 68.5 Å². The van der Waals surface area contributed by atoms with Crippen molar-refractivity contribution in [3.05, 3.63) is 41.1 Å². The molecule has 2 N–H and O–H groups in total. The molecule has 2 nitrogen and oxygen atoms in total. The molecule has 2 heteroatoms. The minimum Gasteiger partial charge on any atom is -0.330 e. The predicted octanol–water partition coefficient (Wildman–Crippen LogP) is 3.78. The van der Waals surface area contributed by atoms with Crippen LogP contribution in [0.1, 0.15) is 43.0 Å². The lowest BCUT2D eigenvalue weighted by Gasteiger charge is -2.08. The Hall–Kier alpha value is -1.41. The Morgan fingerprint density at radius 3 is 2.68 bits per heavy atom. The minimum absolute atomic E-state index is 0.731. The van der Waals surface area contributed by atoms with Gasteiger partial charge in [0.25, 0.3) is 0 Å². The predicted molar refractivity (Wildman–Crippen MR) is 82.5 cm³/mol. The highest BCUT2D eigenvalue weighted by Crippen LogP contribution is 2.21. The van der Waals surface area contributed by atoms with Gasteiger partial charge in [-0.25, -0.2) is 0 Å². The molecule has 19 heavy (non-hydrogen) atoms. The van der Waals surface area contributed by atoms with E-state index in [1.165, 1.54) is 35.8 Å². The van der Waals surface area contributed by atoms with E-state index in [4.69, 9.17) is 10.7 Å². The summed E-state index contributed by atoms with van der Waals surface area (Å²) in [7, 11) is 0. The van der Waals surface area contributed by atoms with Crippen LogP contribution < -0.4 is 5.73 Å². The Balaban J connectivity index is 2.30. The van der Waals surface area contributed by atoms with Gasteiger partial charge >= 0.3 is 0 Å². The lowest BCUT2D eigenvalue weighted by atomic mass is 10.0. The van der Waals surface area contributed by atoms with Crippen molar-refractivity contribution in [3.8, 4) is 0 Å². The first-order chi connectivity index (χ1) is 9.24. The number of hydrogen-bond acceptors (Lipinski definition) is 2. The van der Waals surface area contributed by atoms with Crippen LogP contribution in [-0.4, -0.2) is 11.5 Å². The fourth-order valence-corrected chi connectivity index (χ4v) is 2.46. The van der Waals surface area contributed by atoms with Crippen molar-refractivity contribution >= 4 is 10.9 Å². The number of benzene rings is 1. The molecule has 1 heterocycles. The van der Waals surface area contributed by atoms with Crippen LogP contribution in [0.5, 0.6) is 0 Å². The number of pyridine rings is 1. The van der Waals surface area contributed by atoms with Crippen molar-refractivity contribution in [1.29, 1.82) is 0 Å². The molecule has 1 aromatic heterocycles. The molecule has 0 radical (unpaired) electrons. The maximum absolute atomic E-state index is 5.57. The second-order valence-electron chi connectivity index (χ2n) is 5.28. The van der Waals surface area contributed by atoms with Gasteiger partial charge in [-0.2, -0.15) is 0 Å². The molecule has 1 aromatic carbocycles. The first-order valence-corrected chi connectivity index (χ1v) is 7.34. The first kappa shape index (κ1) is 14.0. The van der Waals surface area contributed by atoms with Gasteiger partial charge in [0.05, 0.1) is 5.52 Å². The van der Waals surface area contributed by atoms with Crippen LogP contribution in [0.15, 0.2) is 24.3 Å². The van der Waals surface area contributed by atoms with Gasteiger partial charge in [-0.1, -0.05) is 19.4 Å². The van der Waals surface area contributed by atoms with Gasteiger partial charge in [0.15, 0.2) is 0 Å². The monoisotopic (exact) mass is 256 g/mol. The van der Waals surface area contributed by atoms with E-state index in [-0.39, 0.29) is 0 Å². The Morgan fingerprint density at radius 2 is 1.95 bits per heavy atom. The Bertz CT molecular complexity index is 546. The number of aryl methyl sites for hydroxylation is 3. The highest BCUT2D eigenvalue weighted by Gasteiger charge is 2.04. The third kappa shape index (κ3) is 3.54. The van der Waals surface area contributed by atoms with Crippen LogP contribution in [0.2, 0.25) is 0 Å². The van der Waals surface area contributed by atoms with E-state index in [1.54, 1.807) is 0 Å². The first-order valence-electron chi connectivity index (χ1n) is 7.34. The molecule has 0 atom stereocenters. The summed E-state index contributed by atoms with van der Waals surface area (Å²) in [5, 5.41) is 1.30. The number of nitrogens with two attached hydrogens (primary N) is 1. The normalized spacial score (nSPS) is 11.1. The molecule has 0 amide bonds. The van der Waals surface area contributed by atoms with Crippen LogP contribution in [-0.2, 0) is 12.8 Å². The standard InChI is InChI=1S/C17H24N2/c1-3-4-6-14-8-9-17-16(12-14)13(2)11-15(19-17)7-5-10-18/h8-9,11-12H,3-7,10,18H2,1-2H3. The molecule has 0 saturated carbocycles. The highest BCUT2D eigenvalue weighted by atomic mass is 14.7. The fraction of sp³-hybridized carbons (Fsp3) is 0.471. The van der Waals surface area contributed by atoms with E-state index in [9.17, 15) is 0 Å². The van der Waals surface area contributed by atoms with Crippen LogP contribution in [0.4, 0.5) is 0 Å². The van der Waals surface area contributed by atoms with Gasteiger partial charge in [-0.3, -0.25) is 4.98 Å². The molecule has 0 bridgehead atoms. The third-order valence-corrected chi connectivity index (χ3v) is 3.59. The van der Waals surface area contributed by atoms with Crippen LogP contribution >= 0.6 is 0 Å². The molecule has 0 fully saturated rings. The summed E-state index contributed by atoms with van der Waals surface area (Å²) in [6.45, 7) is 5.14. The zero-order valence-corrected chi connectivity index (χ0v) is 12.1. The number of aromatic nitrogens is 1. The van der Waals surface area contributed by atoms with Crippen molar-refractivity contribution < 1.29 is 0 Å². The maximum Gasteiger partial charge on any atom is 0.0708 e. The van der Waals surface area contributed by atoms with Gasteiger partial charge in [-0.15, -0.1) is 0 Å². The Labute approximate surface area is 116 Å². The van der Waals surface area contributed by atoms with E-state index in [0.29, 0.717) is 0 Å². The van der Waals surface area contributed by atoms with Gasteiger partial charge in [0, 0.05) is 11.1 Å². The van der Waals surface area contributed by atoms with Crippen molar-refractivity contribution in [1.82, 2.24) is 4.98 Å². The van der Waals surface area contributed by atoms with Gasteiger partial charge < -0.3 is 5.73 Å². The fourth-order valence-electron chi connectivity index (χ4n) is 2.46. The number of nitrogens with zero attached hydrogens (tertiary/aromatic N) is 1. The van der Waals surface area contributed by atoms with E-state index in [1.807, 2.05) is 0 Å². The molecule has 0 aliphatic rings. The number of fused-ring (bicyclic) bond motifs is 1. The van der Waals surface area contributed by atoms with Crippen LogP contribution in [0, 0.1) is 6.92 Å². The minimum atomic E-state index is 0.731. The molecular weight excluding hydrogens is 232 g/mol. The second-order valence-corrected chi connectivity index (χ2v) is 5.28. The van der Waals surface area contributed by atoms with E-state index < -0.39 is 0 Å². The van der Waals surface area contributed by atoms with Crippen LogP contribution in [0.3, 0.4) is 0 Å². The summed E-state index contributed by atoms with van der Waals surface area (Å²) in [5.74, 6) is 0. The molecular formula is C17H24N2. The van der Waals surface area contributed by atoms with E-state index in [2.05, 4.69) is 38.1 Å². The van der Waals surface area contributed by atoms with Gasteiger partial charge in [0.1, 0.15) is 0 Å². The van der Waals surface area contributed by atoms with Crippen LogP contribution in [0.25, 0.3) is 10.9 Å². The third-order valence-electron chi connectivity index (χ3n) is 3.59. The summed E-state index contributed by atoms with van der Waals surface area (Å²) < 4.78 is 0. The zero-order valence-electron chi connectivity index (χ0n) is 12.1. The summed E-state index contributed by atoms with van der Waals surface area (Å²) in [5.41, 5.74) is 10.6. The van der Waals surface area contributed by atoms with Crippen molar-refractivity contribution in [2.75, 3.05) is 6.54 Å². The van der Waals surface area contributed by atoms with Crippen molar-refractivity contribution in [3.63, 3.8) is 0 Å². The van der Waals surface area contributed by atoms with Crippen molar-refractivity contribution in [2.24, 2.45) is 5.73 Å². The van der Waals surface area contributed by atoms with Crippen molar-refractivity contribution in [2.45, 2.75) is 46.0 Å². The van der Waals surface area contributed by atoms with Gasteiger partial charge in [0.2, 0.25) is 0 Å². The molecule has 2 aromatic rings. The summed E-state index contributed by atoms with van der Waals surface area (Å²) in [6.07, 6.45) is 5.65. The van der Waals surface area contributed by atoms with E-state index in [0.717, 1.165) is 30.6 Å². The second kappa shape index (κ2) is 6.67. The maximum atomic E-state index is 5.57. The Morgan fingerprint density at radius 1 is 1.11 bits per heavy atom. The largest absolute Gasteiger partial charge is 0.330 e. The molecule has 0 saturated heterocycles. The molecule has 2 rings (SSSR count). The lowest BCUT2D eigenvalue weighted by Crippen LogP contribution is -2.02. The lowest BCUT2D eigenvalue weighted by molar-refractivity contribution is 0.795. The number of unbranched alkanes of at least 4 members (excludes halogenated alkanes) is 1. The molecule has 0 spiro atoms. The summed E-state index contributed by atoms with van der Waals surface area (Å²) in [4.78, 5) is 4.74. The smallest absolute Gasteiger partial charge is 0.0708 e. The molecule has 102 valence electrons. The zero-order chi connectivity index (χ0) is 13.7.